The summed E-state index contributed by atoms with van der Waals surface area (Å²) in [5, 5.41) is 0. The average molecular weight is 220 g/mol. The van der Waals surface area contributed by atoms with Crippen LogP contribution >= 0.6 is 0 Å². The van der Waals surface area contributed by atoms with Gasteiger partial charge in [-0.3, -0.25) is 0 Å². The number of ether oxygens (including phenoxy) is 2. The van der Waals surface area contributed by atoms with Crippen LogP contribution in [-0.2, 0) is 9.53 Å². The number of hydrogen-bond donors (Lipinski definition) is 0. The topological polar surface area (TPSA) is 35.5 Å². The summed E-state index contributed by atoms with van der Waals surface area (Å²) in [5.41, 5.74) is 1.73. The Kier molecular flexibility index (Phi) is 4.58. The maximum absolute atomic E-state index is 11.3. The van der Waals surface area contributed by atoms with Crippen molar-refractivity contribution in [3.05, 3.63) is 35.9 Å². The molecule has 0 aliphatic carbocycles. The lowest BCUT2D eigenvalue weighted by Gasteiger charge is -2.08. The molecule has 0 amide bonds. The molecule has 0 bridgehead atoms. The SMILES string of the molecule is CCOC(=O)C=C(C)c1ccccc1OC. The van der Waals surface area contributed by atoms with Crippen molar-refractivity contribution < 1.29 is 14.3 Å². The lowest BCUT2D eigenvalue weighted by molar-refractivity contribution is -0.137. The van der Waals surface area contributed by atoms with Gasteiger partial charge in [0.05, 0.1) is 13.7 Å². The van der Waals surface area contributed by atoms with Crippen molar-refractivity contribution in [1.29, 1.82) is 0 Å². The highest BCUT2D eigenvalue weighted by molar-refractivity contribution is 5.91. The number of benzene rings is 1. The molecule has 0 atom stereocenters. The number of carbonyl (C=O) groups excluding carboxylic acids is 1. The monoisotopic (exact) mass is 220 g/mol. The van der Waals surface area contributed by atoms with Gasteiger partial charge in [0, 0.05) is 11.6 Å². The normalized spacial score (nSPS) is 11.1. The van der Waals surface area contributed by atoms with E-state index in [-0.39, 0.29) is 5.97 Å². The van der Waals surface area contributed by atoms with Crippen LogP contribution in [0.2, 0.25) is 0 Å². The van der Waals surface area contributed by atoms with Crippen LogP contribution in [0, 0.1) is 0 Å². The Labute approximate surface area is 95.7 Å². The third-order valence-electron chi connectivity index (χ3n) is 2.15. The van der Waals surface area contributed by atoms with E-state index < -0.39 is 0 Å². The van der Waals surface area contributed by atoms with Crippen molar-refractivity contribution >= 4 is 11.5 Å². The highest BCUT2D eigenvalue weighted by atomic mass is 16.5. The summed E-state index contributed by atoms with van der Waals surface area (Å²) in [6.45, 7) is 4.02. The van der Waals surface area contributed by atoms with E-state index in [1.165, 1.54) is 6.08 Å². The molecule has 1 aromatic carbocycles. The van der Waals surface area contributed by atoms with E-state index in [1.807, 2.05) is 31.2 Å². The van der Waals surface area contributed by atoms with Crippen LogP contribution in [0.15, 0.2) is 30.3 Å². The van der Waals surface area contributed by atoms with Crippen molar-refractivity contribution in [3.8, 4) is 5.75 Å². The molecule has 3 heteroatoms. The molecule has 1 aromatic rings. The van der Waals surface area contributed by atoms with Gasteiger partial charge in [0.15, 0.2) is 0 Å². The lowest BCUT2D eigenvalue weighted by Crippen LogP contribution is -2.00. The second kappa shape index (κ2) is 5.95. The molecular weight excluding hydrogens is 204 g/mol. The first-order chi connectivity index (χ1) is 7.69. The molecule has 0 heterocycles. The minimum Gasteiger partial charge on any atom is -0.496 e. The van der Waals surface area contributed by atoms with Crippen LogP contribution < -0.4 is 4.74 Å². The van der Waals surface area contributed by atoms with Crippen LogP contribution in [-0.4, -0.2) is 19.7 Å². The standard InChI is InChI=1S/C13H16O3/c1-4-16-13(14)9-10(2)11-7-5-6-8-12(11)15-3/h5-9H,4H2,1-3H3. The van der Waals surface area contributed by atoms with E-state index in [1.54, 1.807) is 14.0 Å². The molecule has 0 aliphatic rings. The molecule has 0 aliphatic heterocycles. The Morgan fingerprint density at radius 3 is 2.69 bits per heavy atom. The zero-order valence-corrected chi connectivity index (χ0v) is 9.82. The van der Waals surface area contributed by atoms with Gasteiger partial charge >= 0.3 is 5.97 Å². The summed E-state index contributed by atoms with van der Waals surface area (Å²) in [6, 6.07) is 7.56. The van der Waals surface area contributed by atoms with Gasteiger partial charge in [0.2, 0.25) is 0 Å². The Bertz CT molecular complexity index is 394. The maximum Gasteiger partial charge on any atom is 0.331 e. The fraction of sp³-hybridized carbons (Fsp3) is 0.308. The average Bonchev–Trinajstić information content (AvgIpc) is 2.29. The fourth-order valence-electron chi connectivity index (χ4n) is 1.41. The summed E-state index contributed by atoms with van der Waals surface area (Å²) >= 11 is 0. The van der Waals surface area contributed by atoms with Crippen molar-refractivity contribution in [3.63, 3.8) is 0 Å². The van der Waals surface area contributed by atoms with E-state index in [9.17, 15) is 4.79 Å². The van der Waals surface area contributed by atoms with Crippen molar-refractivity contribution in [1.82, 2.24) is 0 Å². The largest absolute Gasteiger partial charge is 0.496 e. The Morgan fingerprint density at radius 1 is 1.38 bits per heavy atom. The zero-order valence-electron chi connectivity index (χ0n) is 9.82. The number of para-hydroxylation sites is 1. The predicted molar refractivity (Wildman–Crippen MR) is 63.3 cm³/mol. The smallest absolute Gasteiger partial charge is 0.331 e. The molecular formula is C13H16O3. The van der Waals surface area contributed by atoms with Gasteiger partial charge in [-0.1, -0.05) is 18.2 Å². The molecule has 0 fully saturated rings. The van der Waals surface area contributed by atoms with Crippen molar-refractivity contribution in [2.45, 2.75) is 13.8 Å². The van der Waals surface area contributed by atoms with Crippen molar-refractivity contribution in [2.75, 3.05) is 13.7 Å². The van der Waals surface area contributed by atoms with Crippen molar-refractivity contribution in [2.24, 2.45) is 0 Å². The van der Waals surface area contributed by atoms with Crippen LogP contribution in [0.5, 0.6) is 5.75 Å². The number of hydrogen-bond acceptors (Lipinski definition) is 3. The number of esters is 1. The number of allylic oxidation sites excluding steroid dienone is 1. The second-order valence-corrected chi connectivity index (χ2v) is 3.28. The van der Waals surface area contributed by atoms with E-state index >= 15 is 0 Å². The highest BCUT2D eigenvalue weighted by Gasteiger charge is 2.05. The van der Waals surface area contributed by atoms with E-state index in [0.29, 0.717) is 6.61 Å². The molecule has 0 unspecified atom stereocenters. The molecule has 3 nitrogen and oxygen atoms in total. The van der Waals surface area contributed by atoms with Gasteiger partial charge in [0.1, 0.15) is 5.75 Å². The molecule has 86 valence electrons. The molecule has 16 heavy (non-hydrogen) atoms. The number of carbonyl (C=O) groups is 1. The summed E-state index contributed by atoms with van der Waals surface area (Å²) in [7, 11) is 1.61. The minimum absolute atomic E-state index is 0.328. The Hall–Kier alpha value is -1.77. The number of methoxy groups -OCH3 is 1. The van der Waals surface area contributed by atoms with Gasteiger partial charge in [-0.25, -0.2) is 4.79 Å². The van der Waals surface area contributed by atoms with Crippen LogP contribution in [0.25, 0.3) is 5.57 Å². The van der Waals surface area contributed by atoms with Crippen LogP contribution in [0.1, 0.15) is 19.4 Å². The van der Waals surface area contributed by atoms with Gasteiger partial charge < -0.3 is 9.47 Å². The van der Waals surface area contributed by atoms with E-state index in [4.69, 9.17) is 9.47 Å². The molecule has 0 saturated heterocycles. The molecule has 0 N–H and O–H groups in total. The molecule has 1 rings (SSSR count). The summed E-state index contributed by atoms with van der Waals surface area (Å²) in [6.07, 6.45) is 1.47. The molecule has 0 saturated carbocycles. The van der Waals surface area contributed by atoms with Gasteiger partial charge in [-0.05, 0) is 25.5 Å². The third kappa shape index (κ3) is 3.12. The lowest BCUT2D eigenvalue weighted by atomic mass is 10.1. The van der Waals surface area contributed by atoms with Gasteiger partial charge in [0.25, 0.3) is 0 Å². The molecule has 0 spiro atoms. The summed E-state index contributed by atoms with van der Waals surface area (Å²) in [5.74, 6) is 0.423. The fourth-order valence-corrected chi connectivity index (χ4v) is 1.41. The van der Waals surface area contributed by atoms with E-state index in [2.05, 4.69) is 0 Å². The Balaban J connectivity index is 2.95. The zero-order chi connectivity index (χ0) is 12.0. The first-order valence-electron chi connectivity index (χ1n) is 5.17. The van der Waals surface area contributed by atoms with Gasteiger partial charge in [-0.2, -0.15) is 0 Å². The number of rotatable bonds is 4. The first-order valence-corrected chi connectivity index (χ1v) is 5.17. The Morgan fingerprint density at radius 2 is 2.06 bits per heavy atom. The predicted octanol–water partition coefficient (Wildman–Crippen LogP) is 2.66. The summed E-state index contributed by atoms with van der Waals surface area (Å²) in [4.78, 5) is 11.3. The quantitative estimate of drug-likeness (QED) is 0.578. The maximum atomic E-state index is 11.3. The molecule has 0 radical (unpaired) electrons. The van der Waals surface area contributed by atoms with E-state index in [0.717, 1.165) is 16.9 Å². The summed E-state index contributed by atoms with van der Waals surface area (Å²) < 4.78 is 10.1. The van der Waals surface area contributed by atoms with Crippen LogP contribution in [0.4, 0.5) is 0 Å². The molecule has 0 aromatic heterocycles. The second-order valence-electron chi connectivity index (χ2n) is 3.28. The first kappa shape index (κ1) is 12.3. The highest BCUT2D eigenvalue weighted by Crippen LogP contribution is 2.24. The minimum atomic E-state index is -0.328. The third-order valence-corrected chi connectivity index (χ3v) is 2.15. The van der Waals surface area contributed by atoms with Crippen LogP contribution in [0.3, 0.4) is 0 Å². The van der Waals surface area contributed by atoms with Gasteiger partial charge in [-0.15, -0.1) is 0 Å².